The maximum atomic E-state index is 12.3. The number of hydrogen-bond acceptors (Lipinski definition) is 4. The number of nitrogens with one attached hydrogen (secondary N) is 2. The first-order valence-corrected chi connectivity index (χ1v) is 9.08. The number of anilines is 1. The van der Waals surface area contributed by atoms with Gasteiger partial charge in [0.05, 0.1) is 23.9 Å². The van der Waals surface area contributed by atoms with Crippen molar-refractivity contribution in [3.05, 3.63) is 94.5 Å². The first-order chi connectivity index (χ1) is 14.1. The molecular weight excluding hydrogens is 390 g/mol. The average molecular weight is 408 g/mol. The molecule has 0 aromatic heterocycles. The van der Waals surface area contributed by atoms with Gasteiger partial charge >= 0.3 is 0 Å². The second-order valence-electron chi connectivity index (χ2n) is 5.95. The van der Waals surface area contributed by atoms with Gasteiger partial charge in [-0.05, 0) is 48.5 Å². The van der Waals surface area contributed by atoms with Gasteiger partial charge in [0.25, 0.3) is 11.8 Å². The van der Waals surface area contributed by atoms with Crippen LogP contribution < -0.4 is 15.5 Å². The van der Waals surface area contributed by atoms with Crippen molar-refractivity contribution in [2.45, 2.75) is 0 Å². The lowest BCUT2D eigenvalue weighted by Crippen LogP contribution is -2.18. The number of rotatable bonds is 6. The maximum absolute atomic E-state index is 12.3. The van der Waals surface area contributed by atoms with Crippen LogP contribution in [0.2, 0.25) is 5.02 Å². The van der Waals surface area contributed by atoms with Crippen LogP contribution in [-0.2, 0) is 0 Å². The molecule has 146 valence electrons. The summed E-state index contributed by atoms with van der Waals surface area (Å²) >= 11 is 6.03. The topological polar surface area (TPSA) is 79.8 Å². The maximum Gasteiger partial charge on any atom is 0.271 e. The summed E-state index contributed by atoms with van der Waals surface area (Å²) in [6, 6.07) is 20.6. The molecule has 7 heteroatoms. The molecule has 0 bridgehead atoms. The first-order valence-electron chi connectivity index (χ1n) is 8.71. The van der Waals surface area contributed by atoms with Crippen LogP contribution in [0, 0.1) is 0 Å². The average Bonchev–Trinajstić information content (AvgIpc) is 2.74. The molecule has 0 aliphatic carbocycles. The number of carbonyl (C=O) groups excluding carboxylic acids is 2. The second-order valence-corrected chi connectivity index (χ2v) is 6.36. The molecule has 0 heterocycles. The zero-order valence-electron chi connectivity index (χ0n) is 15.6. The van der Waals surface area contributed by atoms with Gasteiger partial charge < -0.3 is 10.1 Å². The van der Waals surface area contributed by atoms with Crippen LogP contribution >= 0.6 is 11.6 Å². The molecule has 0 radical (unpaired) electrons. The Morgan fingerprint density at radius 3 is 2.34 bits per heavy atom. The molecule has 3 rings (SSSR count). The molecule has 0 aliphatic heterocycles. The van der Waals surface area contributed by atoms with E-state index < -0.39 is 0 Å². The Morgan fingerprint density at radius 2 is 1.62 bits per heavy atom. The standard InChI is InChI=1S/C22H18ClN3O3/c1-29-20-9-5-2-6-16(20)14-24-26-21(27)15-10-12-17(13-11-15)25-22(28)18-7-3-4-8-19(18)23/h2-14H,1H3,(H,25,28)(H,26,27)/b24-14-. The highest BCUT2D eigenvalue weighted by Crippen LogP contribution is 2.18. The van der Waals surface area contributed by atoms with Crippen LogP contribution in [0.3, 0.4) is 0 Å². The molecule has 3 aromatic rings. The molecule has 0 spiro atoms. The van der Waals surface area contributed by atoms with Gasteiger partial charge in [-0.15, -0.1) is 0 Å². The summed E-state index contributed by atoms with van der Waals surface area (Å²) in [5.74, 6) is -0.0431. The second kappa shape index (κ2) is 9.52. The van der Waals surface area contributed by atoms with Crippen molar-refractivity contribution in [3.63, 3.8) is 0 Å². The fraction of sp³-hybridized carbons (Fsp3) is 0.0455. The summed E-state index contributed by atoms with van der Waals surface area (Å²) in [6.45, 7) is 0. The predicted molar refractivity (Wildman–Crippen MR) is 114 cm³/mol. The van der Waals surface area contributed by atoms with Gasteiger partial charge in [0.2, 0.25) is 0 Å². The lowest BCUT2D eigenvalue weighted by Gasteiger charge is -2.07. The monoisotopic (exact) mass is 407 g/mol. The number of methoxy groups -OCH3 is 1. The molecule has 3 aromatic carbocycles. The molecule has 2 N–H and O–H groups in total. The predicted octanol–water partition coefficient (Wildman–Crippen LogP) is 4.36. The minimum absolute atomic E-state index is 0.325. The molecule has 2 amide bonds. The Balaban J connectivity index is 1.61. The van der Waals surface area contributed by atoms with Crippen molar-refractivity contribution >= 4 is 35.3 Å². The van der Waals surface area contributed by atoms with E-state index in [0.717, 1.165) is 5.56 Å². The Kier molecular flexibility index (Phi) is 6.60. The van der Waals surface area contributed by atoms with Crippen LogP contribution in [0.5, 0.6) is 5.75 Å². The number of carbonyl (C=O) groups is 2. The summed E-state index contributed by atoms with van der Waals surface area (Å²) in [7, 11) is 1.57. The summed E-state index contributed by atoms with van der Waals surface area (Å²) in [6.07, 6.45) is 1.51. The zero-order chi connectivity index (χ0) is 20.6. The van der Waals surface area contributed by atoms with Gasteiger partial charge in [-0.2, -0.15) is 5.10 Å². The number of hydrazone groups is 1. The van der Waals surface area contributed by atoms with Gasteiger partial charge in [0.1, 0.15) is 5.75 Å². The van der Waals surface area contributed by atoms with Crippen LogP contribution in [0.4, 0.5) is 5.69 Å². The van der Waals surface area contributed by atoms with Crippen molar-refractivity contribution in [1.29, 1.82) is 0 Å². The fourth-order valence-corrected chi connectivity index (χ4v) is 2.77. The number of ether oxygens (including phenoxy) is 1. The Morgan fingerprint density at radius 1 is 0.931 bits per heavy atom. The molecule has 6 nitrogen and oxygen atoms in total. The molecule has 0 unspecified atom stereocenters. The van der Waals surface area contributed by atoms with E-state index in [1.165, 1.54) is 6.21 Å². The molecule has 0 saturated heterocycles. The largest absolute Gasteiger partial charge is 0.496 e. The Hall–Kier alpha value is -3.64. The SMILES string of the molecule is COc1ccccc1/C=N\NC(=O)c1ccc(NC(=O)c2ccccc2Cl)cc1. The Labute approximate surface area is 173 Å². The van der Waals surface area contributed by atoms with Crippen molar-refractivity contribution in [2.24, 2.45) is 5.10 Å². The number of para-hydroxylation sites is 1. The third-order valence-corrected chi connectivity index (χ3v) is 4.36. The fourth-order valence-electron chi connectivity index (χ4n) is 2.55. The van der Waals surface area contributed by atoms with Crippen molar-refractivity contribution in [1.82, 2.24) is 5.43 Å². The van der Waals surface area contributed by atoms with E-state index in [2.05, 4.69) is 15.8 Å². The van der Waals surface area contributed by atoms with Gasteiger partial charge in [0, 0.05) is 16.8 Å². The molecular formula is C22H18ClN3O3. The molecule has 0 aliphatic rings. The minimum atomic E-state index is -0.375. The highest BCUT2D eigenvalue weighted by Gasteiger charge is 2.10. The van der Waals surface area contributed by atoms with E-state index in [-0.39, 0.29) is 11.8 Å². The van der Waals surface area contributed by atoms with Crippen molar-refractivity contribution in [3.8, 4) is 5.75 Å². The van der Waals surface area contributed by atoms with E-state index in [1.54, 1.807) is 61.7 Å². The normalized spacial score (nSPS) is 10.6. The van der Waals surface area contributed by atoms with Gasteiger partial charge in [-0.1, -0.05) is 35.9 Å². The molecule has 0 fully saturated rings. The number of nitrogens with zero attached hydrogens (tertiary/aromatic N) is 1. The number of halogens is 1. The molecule has 29 heavy (non-hydrogen) atoms. The number of benzene rings is 3. The highest BCUT2D eigenvalue weighted by molar-refractivity contribution is 6.34. The molecule has 0 atom stereocenters. The van der Waals surface area contributed by atoms with Gasteiger partial charge in [0.15, 0.2) is 0 Å². The lowest BCUT2D eigenvalue weighted by atomic mass is 10.1. The zero-order valence-corrected chi connectivity index (χ0v) is 16.3. The van der Waals surface area contributed by atoms with Crippen molar-refractivity contribution in [2.75, 3.05) is 12.4 Å². The third-order valence-electron chi connectivity index (χ3n) is 4.03. The van der Waals surface area contributed by atoms with Crippen LogP contribution in [0.1, 0.15) is 26.3 Å². The van der Waals surface area contributed by atoms with E-state index >= 15 is 0 Å². The van der Waals surface area contributed by atoms with E-state index in [9.17, 15) is 9.59 Å². The van der Waals surface area contributed by atoms with Crippen LogP contribution in [-0.4, -0.2) is 25.1 Å². The van der Waals surface area contributed by atoms with Crippen LogP contribution in [0.15, 0.2) is 77.9 Å². The lowest BCUT2D eigenvalue weighted by molar-refractivity contribution is 0.0954. The highest BCUT2D eigenvalue weighted by atomic mass is 35.5. The summed E-state index contributed by atoms with van der Waals surface area (Å²) < 4.78 is 5.22. The van der Waals surface area contributed by atoms with Crippen LogP contribution in [0.25, 0.3) is 0 Å². The van der Waals surface area contributed by atoms with E-state index in [1.807, 2.05) is 18.2 Å². The number of amides is 2. The smallest absolute Gasteiger partial charge is 0.271 e. The van der Waals surface area contributed by atoms with E-state index in [4.69, 9.17) is 16.3 Å². The third kappa shape index (κ3) is 5.21. The summed E-state index contributed by atoms with van der Waals surface area (Å²) in [4.78, 5) is 24.5. The van der Waals surface area contributed by atoms with Gasteiger partial charge in [-0.25, -0.2) is 5.43 Å². The van der Waals surface area contributed by atoms with Crippen molar-refractivity contribution < 1.29 is 14.3 Å². The van der Waals surface area contributed by atoms with Gasteiger partial charge in [-0.3, -0.25) is 9.59 Å². The number of hydrogen-bond donors (Lipinski definition) is 2. The van der Waals surface area contributed by atoms with E-state index in [0.29, 0.717) is 27.6 Å². The summed E-state index contributed by atoms with van der Waals surface area (Å²) in [5, 5.41) is 7.07. The molecule has 0 saturated carbocycles. The Bertz CT molecular complexity index is 1050. The summed E-state index contributed by atoms with van der Waals surface area (Å²) in [5.41, 5.74) is 4.53. The minimum Gasteiger partial charge on any atom is -0.496 e. The first kappa shape index (κ1) is 20.1. The quantitative estimate of drug-likeness (QED) is 0.470.